The lowest BCUT2D eigenvalue weighted by atomic mass is 10.2. The lowest BCUT2D eigenvalue weighted by Crippen LogP contribution is -2.09. The fourth-order valence-corrected chi connectivity index (χ4v) is 1.53. The van der Waals surface area contributed by atoms with Crippen molar-refractivity contribution in [2.24, 2.45) is 0 Å². The summed E-state index contributed by atoms with van der Waals surface area (Å²) in [4.78, 5) is 0. The molecule has 1 rings (SSSR count). The van der Waals surface area contributed by atoms with Gasteiger partial charge in [-0.15, -0.1) is 0 Å². The second-order valence-corrected chi connectivity index (χ2v) is 4.78. The fraction of sp³-hybridized carbons (Fsp3) is 0.250. The average Bonchev–Trinajstić information content (AvgIpc) is 1.97. The number of anilines is 1. The molecule has 1 aromatic carbocycles. The van der Waals surface area contributed by atoms with Crippen LogP contribution >= 0.6 is 0 Å². The minimum absolute atomic E-state index is 0.0319. The van der Waals surface area contributed by atoms with E-state index in [0.717, 1.165) is 12.3 Å². The Morgan fingerprint density at radius 2 is 1.79 bits per heavy atom. The number of rotatable bonds is 2. The molecule has 3 N–H and O–H groups in total. The third-order valence-electron chi connectivity index (χ3n) is 1.61. The van der Waals surface area contributed by atoms with Gasteiger partial charge >= 0.3 is 0 Å². The summed E-state index contributed by atoms with van der Waals surface area (Å²) >= 11 is 0. The normalized spacial score (nSPS) is 11.3. The van der Waals surface area contributed by atoms with Crippen molar-refractivity contribution in [1.29, 1.82) is 0 Å². The highest BCUT2D eigenvalue weighted by atomic mass is 32.2. The number of phenols is 2. The van der Waals surface area contributed by atoms with Crippen molar-refractivity contribution in [2.45, 2.75) is 6.92 Å². The fourth-order valence-electron chi connectivity index (χ4n) is 0.963. The molecular formula is C8H11NO4S. The summed E-state index contributed by atoms with van der Waals surface area (Å²) in [6.45, 7) is 1.60. The SMILES string of the molecule is Cc1cc(O)c(NS(C)(=O)=O)cc1O. The van der Waals surface area contributed by atoms with Crippen molar-refractivity contribution in [1.82, 2.24) is 0 Å². The van der Waals surface area contributed by atoms with Gasteiger partial charge in [0.05, 0.1) is 11.9 Å². The van der Waals surface area contributed by atoms with E-state index in [1.807, 2.05) is 0 Å². The lowest BCUT2D eigenvalue weighted by molar-refractivity contribution is 0.458. The van der Waals surface area contributed by atoms with Crippen molar-refractivity contribution >= 4 is 15.7 Å². The molecule has 0 bridgehead atoms. The molecule has 78 valence electrons. The predicted octanol–water partition coefficient (Wildman–Crippen LogP) is 0.778. The predicted molar refractivity (Wildman–Crippen MR) is 53.0 cm³/mol. The topological polar surface area (TPSA) is 86.6 Å². The Kier molecular flexibility index (Phi) is 2.57. The summed E-state index contributed by atoms with van der Waals surface area (Å²) in [6.07, 6.45) is 0.962. The number of hydrogen-bond acceptors (Lipinski definition) is 4. The van der Waals surface area contributed by atoms with Crippen LogP contribution in [0.5, 0.6) is 11.5 Å². The van der Waals surface area contributed by atoms with Crippen LogP contribution in [0.2, 0.25) is 0 Å². The van der Waals surface area contributed by atoms with Gasteiger partial charge in [-0.3, -0.25) is 4.72 Å². The van der Waals surface area contributed by atoms with Crippen LogP contribution in [-0.4, -0.2) is 24.9 Å². The highest BCUT2D eigenvalue weighted by Crippen LogP contribution is 2.31. The summed E-state index contributed by atoms with van der Waals surface area (Å²) in [7, 11) is -3.45. The number of sulfonamides is 1. The van der Waals surface area contributed by atoms with E-state index in [9.17, 15) is 18.6 Å². The van der Waals surface area contributed by atoms with Gasteiger partial charge in [-0.05, 0) is 18.6 Å². The molecule has 5 nitrogen and oxygen atoms in total. The van der Waals surface area contributed by atoms with Crippen molar-refractivity contribution < 1.29 is 18.6 Å². The van der Waals surface area contributed by atoms with Crippen LogP contribution < -0.4 is 4.72 Å². The van der Waals surface area contributed by atoms with Crippen molar-refractivity contribution in [2.75, 3.05) is 11.0 Å². The van der Waals surface area contributed by atoms with Crippen LogP contribution in [0.1, 0.15) is 5.56 Å². The molecule has 0 saturated heterocycles. The van der Waals surface area contributed by atoms with E-state index in [4.69, 9.17) is 0 Å². The molecule has 0 spiro atoms. The van der Waals surface area contributed by atoms with E-state index in [2.05, 4.69) is 4.72 Å². The third-order valence-corrected chi connectivity index (χ3v) is 2.20. The van der Waals surface area contributed by atoms with E-state index in [0.29, 0.717) is 5.56 Å². The molecule has 0 fully saturated rings. The van der Waals surface area contributed by atoms with Gasteiger partial charge in [0, 0.05) is 6.07 Å². The van der Waals surface area contributed by atoms with E-state index >= 15 is 0 Å². The van der Waals surface area contributed by atoms with Gasteiger partial charge in [0.2, 0.25) is 10.0 Å². The summed E-state index contributed by atoms with van der Waals surface area (Å²) in [6, 6.07) is 2.44. The standard InChI is InChI=1S/C8H11NO4S/c1-5-3-8(11)6(4-7(5)10)9-14(2,12)13/h3-4,9-11H,1-2H3. The van der Waals surface area contributed by atoms with Crippen molar-refractivity contribution in [3.05, 3.63) is 17.7 Å². The number of phenolic OH excluding ortho intramolecular Hbond substituents is 2. The average molecular weight is 217 g/mol. The van der Waals surface area contributed by atoms with E-state index in [-0.39, 0.29) is 17.2 Å². The van der Waals surface area contributed by atoms with Gasteiger partial charge in [0.15, 0.2) is 0 Å². The summed E-state index contributed by atoms with van der Waals surface area (Å²) in [5, 5.41) is 18.6. The molecule has 0 aromatic heterocycles. The van der Waals surface area contributed by atoms with Crippen molar-refractivity contribution in [3.8, 4) is 11.5 Å². The minimum atomic E-state index is -3.45. The first-order valence-electron chi connectivity index (χ1n) is 3.80. The largest absolute Gasteiger partial charge is 0.508 e. The monoisotopic (exact) mass is 217 g/mol. The molecule has 0 amide bonds. The van der Waals surface area contributed by atoms with Crippen LogP contribution in [0.25, 0.3) is 0 Å². The molecule has 0 radical (unpaired) electrons. The van der Waals surface area contributed by atoms with E-state index in [1.165, 1.54) is 6.07 Å². The van der Waals surface area contributed by atoms with Gasteiger partial charge in [0.1, 0.15) is 11.5 Å². The number of benzene rings is 1. The van der Waals surface area contributed by atoms with Gasteiger partial charge < -0.3 is 10.2 Å². The first-order chi connectivity index (χ1) is 6.29. The molecule has 0 unspecified atom stereocenters. The maximum Gasteiger partial charge on any atom is 0.229 e. The van der Waals surface area contributed by atoms with Gasteiger partial charge in [-0.25, -0.2) is 8.42 Å². The summed E-state index contributed by atoms with van der Waals surface area (Å²) in [5.41, 5.74) is 0.442. The lowest BCUT2D eigenvalue weighted by Gasteiger charge is -2.08. The Morgan fingerprint density at radius 1 is 1.21 bits per heavy atom. The Balaban J connectivity index is 3.17. The van der Waals surface area contributed by atoms with Crippen molar-refractivity contribution in [3.63, 3.8) is 0 Å². The summed E-state index contributed by atoms with van der Waals surface area (Å²) < 4.78 is 23.8. The van der Waals surface area contributed by atoms with Crippen LogP contribution in [0.4, 0.5) is 5.69 Å². The molecule has 0 saturated carbocycles. The highest BCUT2D eigenvalue weighted by Gasteiger charge is 2.09. The first kappa shape index (κ1) is 10.6. The van der Waals surface area contributed by atoms with E-state index in [1.54, 1.807) is 6.92 Å². The minimum Gasteiger partial charge on any atom is -0.508 e. The zero-order valence-corrected chi connectivity index (χ0v) is 8.59. The van der Waals surface area contributed by atoms with Crippen LogP contribution in [0.15, 0.2) is 12.1 Å². The Hall–Kier alpha value is -1.43. The second kappa shape index (κ2) is 3.38. The maximum absolute atomic E-state index is 10.8. The molecule has 0 aliphatic carbocycles. The molecule has 6 heteroatoms. The van der Waals surface area contributed by atoms with E-state index < -0.39 is 10.0 Å². The third kappa shape index (κ3) is 2.53. The molecule has 0 aliphatic heterocycles. The van der Waals surface area contributed by atoms with Gasteiger partial charge in [0.25, 0.3) is 0 Å². The van der Waals surface area contributed by atoms with Crippen LogP contribution in [-0.2, 0) is 10.0 Å². The zero-order chi connectivity index (χ0) is 10.9. The second-order valence-electron chi connectivity index (χ2n) is 3.03. The quantitative estimate of drug-likeness (QED) is 0.504. The Bertz CT molecular complexity index is 453. The van der Waals surface area contributed by atoms with Gasteiger partial charge in [-0.2, -0.15) is 0 Å². The van der Waals surface area contributed by atoms with Crippen LogP contribution in [0.3, 0.4) is 0 Å². The molecule has 0 heterocycles. The van der Waals surface area contributed by atoms with Crippen LogP contribution in [0, 0.1) is 6.92 Å². The molecular weight excluding hydrogens is 206 g/mol. The smallest absolute Gasteiger partial charge is 0.229 e. The first-order valence-corrected chi connectivity index (χ1v) is 5.69. The number of hydrogen-bond donors (Lipinski definition) is 3. The highest BCUT2D eigenvalue weighted by molar-refractivity contribution is 7.92. The molecule has 14 heavy (non-hydrogen) atoms. The molecule has 0 atom stereocenters. The Morgan fingerprint density at radius 3 is 2.29 bits per heavy atom. The number of nitrogens with one attached hydrogen (secondary N) is 1. The Labute approximate surface area is 82.1 Å². The molecule has 1 aromatic rings. The number of aryl methyl sites for hydroxylation is 1. The summed E-state index contributed by atoms with van der Waals surface area (Å²) in [5.74, 6) is -0.292. The van der Waals surface area contributed by atoms with Gasteiger partial charge in [-0.1, -0.05) is 0 Å². The molecule has 0 aliphatic rings. The zero-order valence-electron chi connectivity index (χ0n) is 7.77. The maximum atomic E-state index is 10.8. The number of aromatic hydroxyl groups is 2.